The summed E-state index contributed by atoms with van der Waals surface area (Å²) in [6.45, 7) is 1.94. The van der Waals surface area contributed by atoms with Crippen molar-refractivity contribution < 1.29 is 4.79 Å². The van der Waals surface area contributed by atoms with Crippen LogP contribution in [0.15, 0.2) is 24.3 Å². The summed E-state index contributed by atoms with van der Waals surface area (Å²) in [4.78, 5) is 9.69. The number of hydrogen-bond acceptors (Lipinski definition) is 1. The van der Waals surface area contributed by atoms with Gasteiger partial charge in [0.2, 0.25) is 0 Å². The molecule has 0 fully saturated rings. The van der Waals surface area contributed by atoms with E-state index in [1.54, 1.807) is 0 Å². The van der Waals surface area contributed by atoms with Gasteiger partial charge < -0.3 is 4.79 Å². The molecule has 0 amide bonds. The van der Waals surface area contributed by atoms with Gasteiger partial charge in [-0.25, -0.2) is 0 Å². The van der Waals surface area contributed by atoms with E-state index in [1.807, 2.05) is 31.2 Å². The van der Waals surface area contributed by atoms with E-state index in [-0.39, 0.29) is 0 Å². The molecule has 44 valence electrons. The van der Waals surface area contributed by atoms with Crippen LogP contribution in [-0.4, -0.2) is 6.29 Å². The molecule has 0 N–H and O–H groups in total. The Bertz CT molecular complexity index is 101. The maximum atomic E-state index is 9.69. The number of aldehydes is 1. The molecule has 0 bridgehead atoms. The van der Waals surface area contributed by atoms with Gasteiger partial charge in [0.15, 0.2) is 0 Å². The van der Waals surface area contributed by atoms with E-state index >= 15 is 0 Å². The molecule has 0 aliphatic rings. The maximum Gasteiger partial charge on any atom is 0.123 e. The molecule has 0 spiro atoms. The second-order valence-electron chi connectivity index (χ2n) is 1.36. The summed E-state index contributed by atoms with van der Waals surface area (Å²) in [5.41, 5.74) is 0. The lowest BCUT2D eigenvalue weighted by Gasteiger charge is -1.70. The molecule has 1 heteroatoms. The van der Waals surface area contributed by atoms with Crippen molar-refractivity contribution in [2.45, 2.75) is 13.3 Å². The van der Waals surface area contributed by atoms with Gasteiger partial charge in [0, 0.05) is 6.42 Å². The van der Waals surface area contributed by atoms with Gasteiger partial charge in [-0.2, -0.15) is 0 Å². The first kappa shape index (κ1) is 7.15. The first-order valence-corrected chi connectivity index (χ1v) is 2.63. The highest BCUT2D eigenvalue weighted by atomic mass is 16.1. The molecule has 0 atom stereocenters. The second kappa shape index (κ2) is 6.15. The molecular weight excluding hydrogens is 100 g/mol. The van der Waals surface area contributed by atoms with Crippen molar-refractivity contribution in [3.8, 4) is 0 Å². The first-order chi connectivity index (χ1) is 3.91. The van der Waals surface area contributed by atoms with Crippen molar-refractivity contribution in [3.63, 3.8) is 0 Å². The average molecular weight is 110 g/mol. The van der Waals surface area contributed by atoms with Crippen molar-refractivity contribution in [2.24, 2.45) is 0 Å². The lowest BCUT2D eigenvalue weighted by atomic mass is 10.4. The van der Waals surface area contributed by atoms with E-state index in [4.69, 9.17) is 0 Å². The molecule has 1 nitrogen and oxygen atoms in total. The van der Waals surface area contributed by atoms with Gasteiger partial charge in [-0.3, -0.25) is 0 Å². The van der Waals surface area contributed by atoms with Crippen molar-refractivity contribution in [1.82, 2.24) is 0 Å². The number of carbonyl (C=O) groups is 1. The molecular formula is C7H10O. The molecule has 0 saturated carbocycles. The van der Waals surface area contributed by atoms with Gasteiger partial charge in [-0.05, 0) is 6.92 Å². The van der Waals surface area contributed by atoms with Crippen LogP contribution in [0.2, 0.25) is 0 Å². The van der Waals surface area contributed by atoms with Crippen molar-refractivity contribution in [2.75, 3.05) is 0 Å². The van der Waals surface area contributed by atoms with E-state index in [1.165, 1.54) is 0 Å². The normalized spacial score (nSPS) is 11.1. The highest BCUT2D eigenvalue weighted by Gasteiger charge is 1.65. The summed E-state index contributed by atoms with van der Waals surface area (Å²) >= 11 is 0. The quantitative estimate of drug-likeness (QED) is 0.399. The smallest absolute Gasteiger partial charge is 0.123 e. The Morgan fingerprint density at radius 3 is 2.62 bits per heavy atom. The molecule has 0 rings (SSSR count). The highest BCUT2D eigenvalue weighted by Crippen LogP contribution is 1.78. The SMILES string of the molecule is C/C=C/C=C/CC=O. The molecule has 0 unspecified atom stereocenters. The Kier molecular flexibility index (Phi) is 5.50. The molecule has 0 saturated heterocycles. The fraction of sp³-hybridized carbons (Fsp3) is 0.286. The topological polar surface area (TPSA) is 17.1 Å². The third kappa shape index (κ3) is 5.15. The zero-order chi connectivity index (χ0) is 6.24. The van der Waals surface area contributed by atoms with Crippen LogP contribution < -0.4 is 0 Å². The molecule has 0 aromatic rings. The molecule has 0 aromatic carbocycles. The zero-order valence-corrected chi connectivity index (χ0v) is 5.00. The van der Waals surface area contributed by atoms with Crippen LogP contribution in [0.1, 0.15) is 13.3 Å². The number of hydrogen-bond donors (Lipinski definition) is 0. The summed E-state index contributed by atoms with van der Waals surface area (Å²) in [5, 5.41) is 0. The first-order valence-electron chi connectivity index (χ1n) is 2.63. The van der Waals surface area contributed by atoms with Gasteiger partial charge in [-0.15, -0.1) is 0 Å². The number of allylic oxidation sites excluding steroid dienone is 4. The minimum absolute atomic E-state index is 0.518. The predicted octanol–water partition coefficient (Wildman–Crippen LogP) is 1.71. The zero-order valence-electron chi connectivity index (χ0n) is 5.00. The van der Waals surface area contributed by atoms with Gasteiger partial charge >= 0.3 is 0 Å². The van der Waals surface area contributed by atoms with Crippen LogP contribution in [0.4, 0.5) is 0 Å². The lowest BCUT2D eigenvalue weighted by molar-refractivity contribution is -0.107. The summed E-state index contributed by atoms with van der Waals surface area (Å²) in [5.74, 6) is 0. The lowest BCUT2D eigenvalue weighted by Crippen LogP contribution is -1.62. The van der Waals surface area contributed by atoms with E-state index in [0.717, 1.165) is 6.29 Å². The van der Waals surface area contributed by atoms with E-state index in [9.17, 15) is 4.79 Å². The van der Waals surface area contributed by atoms with Gasteiger partial charge in [0.05, 0.1) is 0 Å². The number of carbonyl (C=O) groups excluding carboxylic acids is 1. The number of rotatable bonds is 3. The predicted molar refractivity (Wildman–Crippen MR) is 34.6 cm³/mol. The third-order valence-corrected chi connectivity index (χ3v) is 0.672. The fourth-order valence-electron chi connectivity index (χ4n) is 0.324. The van der Waals surface area contributed by atoms with Crippen LogP contribution >= 0.6 is 0 Å². The fourth-order valence-corrected chi connectivity index (χ4v) is 0.324. The van der Waals surface area contributed by atoms with E-state index in [2.05, 4.69) is 0 Å². The second-order valence-corrected chi connectivity index (χ2v) is 1.36. The van der Waals surface area contributed by atoms with Crippen LogP contribution in [0, 0.1) is 0 Å². The molecule has 0 radical (unpaired) electrons. The highest BCUT2D eigenvalue weighted by molar-refractivity contribution is 5.51. The van der Waals surface area contributed by atoms with Crippen LogP contribution in [0.25, 0.3) is 0 Å². The third-order valence-electron chi connectivity index (χ3n) is 0.672. The summed E-state index contributed by atoms with van der Waals surface area (Å²) in [7, 11) is 0. The molecule has 0 aromatic heterocycles. The Hall–Kier alpha value is -0.850. The monoisotopic (exact) mass is 110 g/mol. The van der Waals surface area contributed by atoms with Gasteiger partial charge in [0.1, 0.15) is 6.29 Å². The Labute approximate surface area is 49.7 Å². The van der Waals surface area contributed by atoms with E-state index in [0.29, 0.717) is 6.42 Å². The largest absolute Gasteiger partial charge is 0.303 e. The summed E-state index contributed by atoms with van der Waals surface area (Å²) in [6, 6.07) is 0. The van der Waals surface area contributed by atoms with Crippen molar-refractivity contribution in [3.05, 3.63) is 24.3 Å². The summed E-state index contributed by atoms with van der Waals surface area (Å²) in [6.07, 6.45) is 8.87. The maximum absolute atomic E-state index is 9.69. The van der Waals surface area contributed by atoms with Crippen LogP contribution in [0.5, 0.6) is 0 Å². The van der Waals surface area contributed by atoms with Gasteiger partial charge in [0.25, 0.3) is 0 Å². The molecule has 0 heterocycles. The summed E-state index contributed by atoms with van der Waals surface area (Å²) < 4.78 is 0. The van der Waals surface area contributed by atoms with Crippen LogP contribution in [0.3, 0.4) is 0 Å². The molecule has 0 aliphatic heterocycles. The molecule has 0 aliphatic carbocycles. The van der Waals surface area contributed by atoms with Gasteiger partial charge in [-0.1, -0.05) is 24.3 Å². The van der Waals surface area contributed by atoms with Crippen molar-refractivity contribution in [1.29, 1.82) is 0 Å². The standard InChI is InChI=1S/C7H10O/c1-2-3-4-5-6-7-8/h2-5,7H,6H2,1H3/b3-2+,5-4+. The Balaban J connectivity index is 3.19. The molecule has 8 heavy (non-hydrogen) atoms. The minimum Gasteiger partial charge on any atom is -0.303 e. The Morgan fingerprint density at radius 1 is 1.38 bits per heavy atom. The van der Waals surface area contributed by atoms with E-state index < -0.39 is 0 Å². The van der Waals surface area contributed by atoms with Crippen molar-refractivity contribution >= 4 is 6.29 Å². The average Bonchev–Trinajstić information content (AvgIpc) is 1.81. The Morgan fingerprint density at radius 2 is 2.12 bits per heavy atom. The van der Waals surface area contributed by atoms with Crippen LogP contribution in [-0.2, 0) is 4.79 Å². The minimum atomic E-state index is 0.518.